The van der Waals surface area contributed by atoms with E-state index in [0.717, 1.165) is 26.7 Å². The van der Waals surface area contributed by atoms with E-state index in [9.17, 15) is 0 Å². The Labute approximate surface area is 135 Å². The van der Waals surface area contributed by atoms with E-state index in [1.165, 1.54) is 0 Å². The molecule has 2 N–H and O–H groups in total. The first-order valence-corrected chi connectivity index (χ1v) is 7.45. The van der Waals surface area contributed by atoms with Crippen LogP contribution in [0, 0.1) is 0 Å². The van der Waals surface area contributed by atoms with Gasteiger partial charge in [0.2, 0.25) is 0 Å². The van der Waals surface area contributed by atoms with E-state index in [-0.39, 0.29) is 0 Å². The second-order valence-electron chi connectivity index (χ2n) is 4.47. The Morgan fingerprint density at radius 3 is 2.62 bits per heavy atom. The van der Waals surface area contributed by atoms with Gasteiger partial charge in [0.05, 0.1) is 5.52 Å². The molecule has 104 valence electrons. The topological polar surface area (TPSA) is 48.1 Å². The summed E-state index contributed by atoms with van der Waals surface area (Å²) in [6, 6.07) is 15.2. The molecule has 3 aromatic rings. The molecule has 0 fully saturated rings. The Bertz CT molecular complexity index is 835. The molecule has 0 bridgehead atoms. The molecule has 21 heavy (non-hydrogen) atoms. The second-order valence-corrected chi connectivity index (χ2v) is 5.76. The first-order chi connectivity index (χ1) is 10.1. The van der Waals surface area contributed by atoms with Crippen LogP contribution in [0.25, 0.3) is 10.9 Å². The molecule has 0 radical (unpaired) electrons. The molecule has 0 saturated carbocycles. The summed E-state index contributed by atoms with van der Waals surface area (Å²) in [5, 5.41) is 1.08. The largest absolute Gasteiger partial charge is 0.457 e. The van der Waals surface area contributed by atoms with Gasteiger partial charge >= 0.3 is 0 Å². The number of hydrogen-bond donors (Lipinski definition) is 1. The molecule has 0 atom stereocenters. The standard InChI is InChI=1S/C16H11BrN2OS/c17-14-8-11(5-6-13(14)16(18)21)20-12-4-3-10-2-1-7-19-15(10)9-12/h1-9H,(H2,18,21). The summed E-state index contributed by atoms with van der Waals surface area (Å²) < 4.78 is 6.66. The van der Waals surface area contributed by atoms with Crippen molar-refractivity contribution >= 4 is 44.0 Å². The van der Waals surface area contributed by atoms with Crippen LogP contribution in [-0.2, 0) is 0 Å². The highest BCUT2D eigenvalue weighted by molar-refractivity contribution is 9.10. The quantitative estimate of drug-likeness (QED) is 0.703. The van der Waals surface area contributed by atoms with E-state index >= 15 is 0 Å². The number of nitrogens with two attached hydrogens (primary N) is 1. The van der Waals surface area contributed by atoms with E-state index in [1.807, 2.05) is 48.5 Å². The fourth-order valence-corrected chi connectivity index (χ4v) is 2.89. The molecule has 0 aliphatic heterocycles. The van der Waals surface area contributed by atoms with E-state index in [1.54, 1.807) is 6.20 Å². The van der Waals surface area contributed by atoms with Gasteiger partial charge in [-0.3, -0.25) is 4.98 Å². The number of nitrogens with zero attached hydrogens (tertiary/aromatic N) is 1. The zero-order valence-electron chi connectivity index (χ0n) is 10.9. The van der Waals surface area contributed by atoms with Crippen LogP contribution in [-0.4, -0.2) is 9.97 Å². The lowest BCUT2D eigenvalue weighted by Crippen LogP contribution is -2.09. The number of pyridine rings is 1. The van der Waals surface area contributed by atoms with Crippen LogP contribution in [0.4, 0.5) is 0 Å². The van der Waals surface area contributed by atoms with Gasteiger partial charge < -0.3 is 10.5 Å². The number of rotatable bonds is 3. The van der Waals surface area contributed by atoms with Crippen molar-refractivity contribution < 1.29 is 4.74 Å². The number of thiocarbonyl (C=S) groups is 1. The Morgan fingerprint density at radius 2 is 1.86 bits per heavy atom. The third-order valence-corrected chi connectivity index (χ3v) is 3.90. The van der Waals surface area contributed by atoms with Crippen molar-refractivity contribution in [1.29, 1.82) is 0 Å². The number of ether oxygens (including phenoxy) is 1. The summed E-state index contributed by atoms with van der Waals surface area (Å²) in [7, 11) is 0. The number of aromatic nitrogens is 1. The number of hydrogen-bond acceptors (Lipinski definition) is 3. The molecule has 1 aromatic heterocycles. The van der Waals surface area contributed by atoms with Crippen molar-refractivity contribution in [2.45, 2.75) is 0 Å². The maximum Gasteiger partial charge on any atom is 0.129 e. The summed E-state index contributed by atoms with van der Waals surface area (Å²) in [4.78, 5) is 4.67. The van der Waals surface area contributed by atoms with Crippen LogP contribution in [0.2, 0.25) is 0 Å². The highest BCUT2D eigenvalue weighted by Crippen LogP contribution is 2.28. The minimum atomic E-state index is 0.350. The van der Waals surface area contributed by atoms with Crippen molar-refractivity contribution in [2.75, 3.05) is 0 Å². The van der Waals surface area contributed by atoms with Gasteiger partial charge in [-0.15, -0.1) is 0 Å². The van der Waals surface area contributed by atoms with E-state index in [4.69, 9.17) is 22.7 Å². The first-order valence-electron chi connectivity index (χ1n) is 6.25. The molecule has 0 unspecified atom stereocenters. The summed E-state index contributed by atoms with van der Waals surface area (Å²) in [5.41, 5.74) is 7.32. The van der Waals surface area contributed by atoms with E-state index < -0.39 is 0 Å². The molecule has 0 aliphatic carbocycles. The van der Waals surface area contributed by atoms with Gasteiger partial charge in [-0.1, -0.05) is 18.3 Å². The van der Waals surface area contributed by atoms with Gasteiger partial charge in [0.1, 0.15) is 16.5 Å². The predicted molar refractivity (Wildman–Crippen MR) is 91.8 cm³/mol. The molecule has 0 aliphatic rings. The zero-order chi connectivity index (χ0) is 14.8. The van der Waals surface area contributed by atoms with Gasteiger partial charge in [0.25, 0.3) is 0 Å². The minimum Gasteiger partial charge on any atom is -0.457 e. The molecule has 0 spiro atoms. The van der Waals surface area contributed by atoms with E-state index in [0.29, 0.717) is 10.7 Å². The Kier molecular flexibility index (Phi) is 3.86. The summed E-state index contributed by atoms with van der Waals surface area (Å²) in [5.74, 6) is 1.44. The second kappa shape index (κ2) is 5.79. The normalized spacial score (nSPS) is 10.5. The van der Waals surface area contributed by atoms with Crippen molar-refractivity contribution in [3.63, 3.8) is 0 Å². The molecule has 0 saturated heterocycles. The monoisotopic (exact) mass is 358 g/mol. The average Bonchev–Trinajstić information content (AvgIpc) is 2.47. The van der Waals surface area contributed by atoms with Gasteiger partial charge in [-0.2, -0.15) is 0 Å². The molecule has 2 aromatic carbocycles. The first kappa shape index (κ1) is 14.0. The minimum absolute atomic E-state index is 0.350. The van der Waals surface area contributed by atoms with Gasteiger partial charge in [0, 0.05) is 27.7 Å². The fourth-order valence-electron chi connectivity index (χ4n) is 2.00. The van der Waals surface area contributed by atoms with Gasteiger partial charge in [-0.05, 0) is 52.3 Å². The smallest absolute Gasteiger partial charge is 0.129 e. The van der Waals surface area contributed by atoms with Crippen LogP contribution < -0.4 is 10.5 Å². The van der Waals surface area contributed by atoms with Gasteiger partial charge in [0.15, 0.2) is 0 Å². The zero-order valence-corrected chi connectivity index (χ0v) is 13.3. The molecule has 1 heterocycles. The van der Waals surface area contributed by atoms with Crippen LogP contribution in [0.5, 0.6) is 11.5 Å². The number of benzene rings is 2. The Morgan fingerprint density at radius 1 is 1.10 bits per heavy atom. The Balaban J connectivity index is 1.91. The maximum absolute atomic E-state index is 5.85. The lowest BCUT2D eigenvalue weighted by Gasteiger charge is -2.09. The Hall–Kier alpha value is -1.98. The van der Waals surface area contributed by atoms with Crippen LogP contribution in [0.1, 0.15) is 5.56 Å². The fraction of sp³-hybridized carbons (Fsp3) is 0. The van der Waals surface area contributed by atoms with Crippen molar-refractivity contribution in [3.8, 4) is 11.5 Å². The lowest BCUT2D eigenvalue weighted by atomic mass is 10.2. The summed E-state index contributed by atoms with van der Waals surface area (Å²) in [6.07, 6.45) is 1.76. The SMILES string of the molecule is NC(=S)c1ccc(Oc2ccc3cccnc3c2)cc1Br. The molecule has 0 amide bonds. The highest BCUT2D eigenvalue weighted by Gasteiger charge is 2.06. The molecular formula is C16H11BrN2OS. The predicted octanol–water partition coefficient (Wildman–Crippen LogP) is 4.42. The lowest BCUT2D eigenvalue weighted by molar-refractivity contribution is 0.483. The van der Waals surface area contributed by atoms with Crippen molar-refractivity contribution in [3.05, 3.63) is 64.8 Å². The van der Waals surface area contributed by atoms with Crippen LogP contribution in [0.15, 0.2) is 59.2 Å². The number of fused-ring (bicyclic) bond motifs is 1. The summed E-state index contributed by atoms with van der Waals surface area (Å²) in [6.45, 7) is 0. The molecule has 3 nitrogen and oxygen atoms in total. The highest BCUT2D eigenvalue weighted by atomic mass is 79.9. The molecule has 5 heteroatoms. The van der Waals surface area contributed by atoms with Crippen molar-refractivity contribution in [2.24, 2.45) is 5.73 Å². The molecular weight excluding hydrogens is 348 g/mol. The third-order valence-electron chi connectivity index (χ3n) is 3.02. The van der Waals surface area contributed by atoms with Crippen molar-refractivity contribution in [1.82, 2.24) is 4.98 Å². The van der Waals surface area contributed by atoms with Crippen LogP contribution >= 0.6 is 28.1 Å². The molecule has 3 rings (SSSR count). The third kappa shape index (κ3) is 3.04. The number of halogens is 1. The maximum atomic E-state index is 5.85. The average molecular weight is 359 g/mol. The summed E-state index contributed by atoms with van der Waals surface area (Å²) >= 11 is 8.42. The van der Waals surface area contributed by atoms with Crippen LogP contribution in [0.3, 0.4) is 0 Å². The van der Waals surface area contributed by atoms with E-state index in [2.05, 4.69) is 20.9 Å². The van der Waals surface area contributed by atoms with Gasteiger partial charge in [-0.25, -0.2) is 0 Å².